The van der Waals surface area contributed by atoms with Crippen LogP contribution in [-0.4, -0.2) is 0 Å². The molecule has 0 saturated heterocycles. The molecule has 0 aromatic heterocycles. The summed E-state index contributed by atoms with van der Waals surface area (Å²) in [6.45, 7) is 4.36. The molecule has 0 N–H and O–H groups in total. The summed E-state index contributed by atoms with van der Waals surface area (Å²) in [7, 11) is 0. The molecule has 0 fully saturated rings. The van der Waals surface area contributed by atoms with E-state index in [4.69, 9.17) is 0 Å². The van der Waals surface area contributed by atoms with Gasteiger partial charge in [0.2, 0.25) is 0 Å². The van der Waals surface area contributed by atoms with E-state index in [2.05, 4.69) is 38.1 Å². The maximum atomic E-state index is 2.21. The Kier molecular flexibility index (Phi) is 20.3. The Balaban J connectivity index is -0.000000125. The third kappa shape index (κ3) is 6.71. The second kappa shape index (κ2) is 12.2. The van der Waals surface area contributed by atoms with Crippen molar-refractivity contribution < 1.29 is 0 Å². The van der Waals surface area contributed by atoms with Gasteiger partial charge in [-0.25, -0.2) is 0 Å². The molecule has 86 valence electrons. The predicted octanol–water partition coefficient (Wildman–Crippen LogP) is 5.36. The lowest BCUT2D eigenvalue weighted by Crippen LogP contribution is -1.81. The Morgan fingerprint density at radius 1 is 0.643 bits per heavy atom. The fourth-order valence-electron chi connectivity index (χ4n) is 1.01. The van der Waals surface area contributed by atoms with E-state index in [0.29, 0.717) is 0 Å². The number of rotatable bonds is 2. The van der Waals surface area contributed by atoms with E-state index in [1.54, 1.807) is 0 Å². The van der Waals surface area contributed by atoms with Crippen molar-refractivity contribution in [3.8, 4) is 0 Å². The van der Waals surface area contributed by atoms with Gasteiger partial charge in [-0.05, 0) is 24.0 Å². The van der Waals surface area contributed by atoms with Gasteiger partial charge in [0.1, 0.15) is 0 Å². The molecule has 0 spiro atoms. The lowest BCUT2D eigenvalue weighted by Gasteiger charge is -1.97. The van der Waals surface area contributed by atoms with Crippen LogP contribution in [0.15, 0.2) is 24.3 Å². The smallest absolute Gasteiger partial charge is 0.0307 e. The number of hydrogen-bond donors (Lipinski definition) is 0. The van der Waals surface area contributed by atoms with Crippen LogP contribution in [0.4, 0.5) is 0 Å². The van der Waals surface area contributed by atoms with E-state index in [-0.39, 0.29) is 29.7 Å². The Hall–Kier alpha value is -0.780. The summed E-state index contributed by atoms with van der Waals surface area (Å²) in [5, 5.41) is 0. The molecule has 1 aromatic carbocycles. The van der Waals surface area contributed by atoms with Gasteiger partial charge >= 0.3 is 0 Å². The molecule has 0 atom stereocenters. The van der Waals surface area contributed by atoms with Crippen molar-refractivity contribution in [1.82, 2.24) is 0 Å². The minimum Gasteiger partial charge on any atom is -0.0776 e. The highest BCUT2D eigenvalue weighted by atomic mass is 13.9. The summed E-state index contributed by atoms with van der Waals surface area (Å²) in [4.78, 5) is 0. The largest absolute Gasteiger partial charge is 0.0776 e. The van der Waals surface area contributed by atoms with Crippen molar-refractivity contribution in [3.05, 3.63) is 35.4 Å². The minimum atomic E-state index is 0. The zero-order valence-corrected chi connectivity index (χ0v) is 6.72. The summed E-state index contributed by atoms with van der Waals surface area (Å²) in [5.41, 5.74) is 2.86. The van der Waals surface area contributed by atoms with Gasteiger partial charge in [-0.2, -0.15) is 0 Å². The molecule has 0 aliphatic carbocycles. The molecule has 0 aliphatic heterocycles. The number of benzene rings is 1. The summed E-state index contributed by atoms with van der Waals surface area (Å²) < 4.78 is 0. The SMILES string of the molecule is C.C.C.C.CCc1ccc(CC)cc1. The standard InChI is InChI=1S/C10H14.4CH4/c1-3-9-5-7-10(4-2)8-6-9;;;;/h5-8H,3-4H2,1-2H3;4*1H4. The fourth-order valence-corrected chi connectivity index (χ4v) is 1.01. The van der Waals surface area contributed by atoms with Crippen molar-refractivity contribution in [2.75, 3.05) is 0 Å². The molecule has 0 unspecified atom stereocenters. The highest BCUT2D eigenvalue weighted by Gasteiger charge is 1.88. The normalized spacial score (nSPS) is 7.00. The van der Waals surface area contributed by atoms with E-state index < -0.39 is 0 Å². The van der Waals surface area contributed by atoms with Crippen LogP contribution in [0.25, 0.3) is 0 Å². The Morgan fingerprint density at radius 3 is 1.00 bits per heavy atom. The second-order valence-electron chi connectivity index (χ2n) is 2.52. The van der Waals surface area contributed by atoms with Gasteiger partial charge in [0, 0.05) is 0 Å². The highest BCUT2D eigenvalue weighted by molar-refractivity contribution is 5.22. The molecule has 1 rings (SSSR count). The molecule has 14 heavy (non-hydrogen) atoms. The van der Waals surface area contributed by atoms with Crippen molar-refractivity contribution in [2.24, 2.45) is 0 Å². The zero-order valence-electron chi connectivity index (χ0n) is 6.72. The van der Waals surface area contributed by atoms with Gasteiger partial charge in [0.25, 0.3) is 0 Å². The molecule has 0 bridgehead atoms. The van der Waals surface area contributed by atoms with Crippen molar-refractivity contribution >= 4 is 0 Å². The van der Waals surface area contributed by atoms with Gasteiger partial charge in [-0.3, -0.25) is 0 Å². The van der Waals surface area contributed by atoms with Crippen LogP contribution in [0.2, 0.25) is 0 Å². The average molecular weight is 198 g/mol. The second-order valence-corrected chi connectivity index (χ2v) is 2.52. The van der Waals surface area contributed by atoms with E-state index >= 15 is 0 Å². The van der Waals surface area contributed by atoms with Gasteiger partial charge in [0.15, 0.2) is 0 Å². The lowest BCUT2D eigenvalue weighted by atomic mass is 10.1. The lowest BCUT2D eigenvalue weighted by molar-refractivity contribution is 1.10. The third-order valence-corrected chi connectivity index (χ3v) is 1.84. The summed E-state index contributed by atoms with van der Waals surface area (Å²) >= 11 is 0. The van der Waals surface area contributed by atoms with Crippen LogP contribution in [0.5, 0.6) is 0 Å². The number of aryl methyl sites for hydroxylation is 2. The Labute approximate surface area is 92.4 Å². The Bertz CT molecular complexity index is 161. The van der Waals surface area contributed by atoms with E-state index in [1.807, 2.05) is 0 Å². The predicted molar refractivity (Wildman–Crippen MR) is 72.1 cm³/mol. The summed E-state index contributed by atoms with van der Waals surface area (Å²) in [6, 6.07) is 8.83. The summed E-state index contributed by atoms with van der Waals surface area (Å²) in [6.07, 6.45) is 2.29. The van der Waals surface area contributed by atoms with Crippen LogP contribution >= 0.6 is 0 Å². The molecular formula is C14H30. The van der Waals surface area contributed by atoms with Crippen LogP contribution in [-0.2, 0) is 12.8 Å². The zero-order chi connectivity index (χ0) is 7.40. The fraction of sp³-hybridized carbons (Fsp3) is 0.571. The van der Waals surface area contributed by atoms with Gasteiger partial charge in [-0.1, -0.05) is 67.8 Å². The molecule has 0 aliphatic rings. The van der Waals surface area contributed by atoms with Crippen LogP contribution in [0.3, 0.4) is 0 Å². The first-order valence-corrected chi connectivity index (χ1v) is 3.94. The first kappa shape index (κ1) is 23.2. The van der Waals surface area contributed by atoms with Gasteiger partial charge in [-0.15, -0.1) is 0 Å². The van der Waals surface area contributed by atoms with E-state index in [1.165, 1.54) is 11.1 Å². The highest BCUT2D eigenvalue weighted by Crippen LogP contribution is 2.04. The number of hydrogen-bond acceptors (Lipinski definition) is 0. The molecular weight excluding hydrogens is 168 g/mol. The first-order chi connectivity index (χ1) is 4.86. The average Bonchev–Trinajstić information content (AvgIpc) is 2.05. The quantitative estimate of drug-likeness (QED) is 0.600. The Morgan fingerprint density at radius 2 is 0.857 bits per heavy atom. The van der Waals surface area contributed by atoms with Crippen LogP contribution < -0.4 is 0 Å². The van der Waals surface area contributed by atoms with Crippen molar-refractivity contribution in [3.63, 3.8) is 0 Å². The van der Waals surface area contributed by atoms with E-state index in [9.17, 15) is 0 Å². The van der Waals surface area contributed by atoms with E-state index in [0.717, 1.165) is 12.8 Å². The summed E-state index contributed by atoms with van der Waals surface area (Å²) in [5.74, 6) is 0. The molecule has 0 heteroatoms. The van der Waals surface area contributed by atoms with Crippen molar-refractivity contribution in [2.45, 2.75) is 56.4 Å². The van der Waals surface area contributed by atoms with Crippen molar-refractivity contribution in [1.29, 1.82) is 0 Å². The molecule has 0 nitrogen and oxygen atoms in total. The first-order valence-electron chi connectivity index (χ1n) is 3.94. The molecule has 0 amide bonds. The molecule has 0 heterocycles. The minimum absolute atomic E-state index is 0. The molecule has 0 radical (unpaired) electrons. The van der Waals surface area contributed by atoms with Gasteiger partial charge in [0.05, 0.1) is 0 Å². The maximum Gasteiger partial charge on any atom is -0.0307 e. The molecule has 0 saturated carbocycles. The van der Waals surface area contributed by atoms with Crippen LogP contribution in [0, 0.1) is 0 Å². The van der Waals surface area contributed by atoms with Gasteiger partial charge < -0.3 is 0 Å². The maximum absolute atomic E-state index is 2.21. The third-order valence-electron chi connectivity index (χ3n) is 1.84. The molecule has 1 aromatic rings. The van der Waals surface area contributed by atoms with Crippen LogP contribution in [0.1, 0.15) is 54.7 Å². The topological polar surface area (TPSA) is 0 Å². The monoisotopic (exact) mass is 198 g/mol.